The summed E-state index contributed by atoms with van der Waals surface area (Å²) < 4.78 is 0. The third-order valence-electron chi connectivity index (χ3n) is 8.07. The number of Topliss-reactive ketones (excluding diaryl/α,β-unsaturated/α-hetero) is 1. The molecule has 4 rings (SSSR count). The van der Waals surface area contributed by atoms with E-state index in [1.54, 1.807) is 13.0 Å². The maximum Gasteiger partial charge on any atom is 0.178 e. The first-order chi connectivity index (χ1) is 11.6. The smallest absolute Gasteiger partial charge is 0.178 e. The van der Waals surface area contributed by atoms with Gasteiger partial charge in [0.2, 0.25) is 0 Å². The first-order valence-corrected chi connectivity index (χ1v) is 9.53. The monoisotopic (exact) mass is 340 g/mol. The van der Waals surface area contributed by atoms with Gasteiger partial charge in [-0.2, -0.15) is 0 Å². The van der Waals surface area contributed by atoms with Gasteiger partial charge >= 0.3 is 0 Å². The van der Waals surface area contributed by atoms with Crippen LogP contribution in [0.2, 0.25) is 0 Å². The summed E-state index contributed by atoms with van der Waals surface area (Å²) in [7, 11) is 0. The minimum Gasteiger partial charge on any atom is -0.381 e. The van der Waals surface area contributed by atoms with Crippen molar-refractivity contribution in [3.63, 3.8) is 0 Å². The van der Waals surface area contributed by atoms with Crippen molar-refractivity contribution in [2.45, 2.75) is 59.0 Å². The molecule has 0 aromatic heterocycles. The molecular weight excluding hydrogens is 312 g/mol. The number of allylic oxidation sites excluding steroid dienone is 6. The highest BCUT2D eigenvalue weighted by Gasteiger charge is 2.66. The van der Waals surface area contributed by atoms with Gasteiger partial charge in [-0.25, -0.2) is 0 Å². The van der Waals surface area contributed by atoms with Gasteiger partial charge in [-0.1, -0.05) is 37.1 Å². The molecule has 4 aliphatic carbocycles. The van der Waals surface area contributed by atoms with Gasteiger partial charge in [-0.15, -0.1) is 0 Å². The van der Waals surface area contributed by atoms with Gasteiger partial charge in [0, 0.05) is 10.8 Å². The maximum absolute atomic E-state index is 12.4. The molecule has 3 heteroatoms. The summed E-state index contributed by atoms with van der Waals surface area (Å²) in [4.78, 5) is 24.2. The lowest BCUT2D eigenvalue weighted by Crippen LogP contribution is -2.55. The number of aliphatic hydroxyl groups is 1. The normalized spacial score (nSPS) is 48.2. The molecule has 2 saturated carbocycles. The van der Waals surface area contributed by atoms with E-state index in [4.69, 9.17) is 0 Å². The van der Waals surface area contributed by atoms with Crippen LogP contribution in [0.4, 0.5) is 0 Å². The average molecular weight is 340 g/mol. The van der Waals surface area contributed by atoms with E-state index in [0.717, 1.165) is 25.7 Å². The molecule has 0 saturated heterocycles. The van der Waals surface area contributed by atoms with E-state index in [1.165, 1.54) is 11.1 Å². The molecule has 6 atom stereocenters. The number of ketones is 2. The Balaban J connectivity index is 1.81. The quantitative estimate of drug-likeness (QED) is 0.739. The van der Waals surface area contributed by atoms with Gasteiger partial charge in [0.15, 0.2) is 11.6 Å². The van der Waals surface area contributed by atoms with Crippen molar-refractivity contribution in [2.75, 3.05) is 0 Å². The largest absolute Gasteiger partial charge is 0.381 e. The Morgan fingerprint density at radius 3 is 2.72 bits per heavy atom. The minimum absolute atomic E-state index is 0.0130. The van der Waals surface area contributed by atoms with Crippen LogP contribution in [-0.4, -0.2) is 22.3 Å². The van der Waals surface area contributed by atoms with Crippen LogP contribution in [0, 0.1) is 28.6 Å². The Hall–Kier alpha value is -1.48. The third-order valence-corrected chi connectivity index (χ3v) is 8.07. The van der Waals surface area contributed by atoms with Crippen LogP contribution < -0.4 is 0 Å². The fraction of sp³-hybridized carbons (Fsp3) is 0.636. The topological polar surface area (TPSA) is 54.4 Å². The number of fused-ring (bicyclic) bond motifs is 5. The molecule has 0 bridgehead atoms. The molecule has 3 nitrogen and oxygen atoms in total. The van der Waals surface area contributed by atoms with E-state index in [-0.39, 0.29) is 22.9 Å². The summed E-state index contributed by atoms with van der Waals surface area (Å²) in [5, 5.41) is 11.4. The second-order valence-corrected chi connectivity index (χ2v) is 9.10. The van der Waals surface area contributed by atoms with Crippen LogP contribution in [0.15, 0.2) is 35.5 Å². The van der Waals surface area contributed by atoms with Gasteiger partial charge in [-0.05, 0) is 69.4 Å². The van der Waals surface area contributed by atoms with Crippen molar-refractivity contribution in [2.24, 2.45) is 28.6 Å². The molecule has 0 unspecified atom stereocenters. The van der Waals surface area contributed by atoms with Crippen molar-refractivity contribution in [3.8, 4) is 0 Å². The van der Waals surface area contributed by atoms with E-state index < -0.39 is 11.0 Å². The van der Waals surface area contributed by atoms with E-state index in [2.05, 4.69) is 26.0 Å². The van der Waals surface area contributed by atoms with Crippen molar-refractivity contribution in [1.29, 1.82) is 0 Å². The SMILES string of the molecule is CC(=O)[C@]1(O)[C@H](C)C[C@@H]2[C@@H]3CCC4=CC(=O)C=C[C@]4(C)C3=CC[C@@]21C. The molecule has 0 aromatic rings. The zero-order chi connectivity index (χ0) is 18.2. The summed E-state index contributed by atoms with van der Waals surface area (Å²) in [6, 6.07) is 0. The zero-order valence-corrected chi connectivity index (χ0v) is 15.6. The van der Waals surface area contributed by atoms with E-state index in [0.29, 0.717) is 11.8 Å². The van der Waals surface area contributed by atoms with Crippen molar-refractivity contribution < 1.29 is 14.7 Å². The molecule has 0 amide bonds. The van der Waals surface area contributed by atoms with Gasteiger partial charge in [0.1, 0.15) is 5.60 Å². The lowest BCUT2D eigenvalue weighted by Gasteiger charge is -2.53. The molecule has 134 valence electrons. The number of rotatable bonds is 1. The van der Waals surface area contributed by atoms with E-state index >= 15 is 0 Å². The average Bonchev–Trinajstić information content (AvgIpc) is 2.77. The van der Waals surface area contributed by atoms with Gasteiger partial charge in [0.25, 0.3) is 0 Å². The van der Waals surface area contributed by atoms with Gasteiger partial charge in [0.05, 0.1) is 0 Å². The second kappa shape index (κ2) is 5.03. The Kier molecular flexibility index (Phi) is 3.41. The van der Waals surface area contributed by atoms with Gasteiger partial charge < -0.3 is 5.11 Å². The Morgan fingerprint density at radius 1 is 1.32 bits per heavy atom. The highest BCUT2D eigenvalue weighted by molar-refractivity contribution is 6.01. The van der Waals surface area contributed by atoms with E-state index in [9.17, 15) is 14.7 Å². The molecule has 0 heterocycles. The highest BCUT2D eigenvalue weighted by Crippen LogP contribution is 2.66. The summed E-state index contributed by atoms with van der Waals surface area (Å²) in [5.74, 6) is 0.691. The second-order valence-electron chi connectivity index (χ2n) is 9.10. The molecule has 4 aliphatic rings. The summed E-state index contributed by atoms with van der Waals surface area (Å²) >= 11 is 0. The lowest BCUT2D eigenvalue weighted by molar-refractivity contribution is -0.156. The van der Waals surface area contributed by atoms with Crippen LogP contribution >= 0.6 is 0 Å². The first-order valence-electron chi connectivity index (χ1n) is 9.53. The molecule has 0 radical (unpaired) electrons. The van der Waals surface area contributed by atoms with Crippen LogP contribution in [0.5, 0.6) is 0 Å². The predicted molar refractivity (Wildman–Crippen MR) is 96.8 cm³/mol. The maximum atomic E-state index is 12.4. The molecule has 25 heavy (non-hydrogen) atoms. The predicted octanol–water partition coefficient (Wildman–Crippen LogP) is 3.78. The Morgan fingerprint density at radius 2 is 2.04 bits per heavy atom. The summed E-state index contributed by atoms with van der Waals surface area (Å²) in [6.07, 6.45) is 11.4. The summed E-state index contributed by atoms with van der Waals surface area (Å²) in [5.41, 5.74) is 0.834. The van der Waals surface area contributed by atoms with Gasteiger partial charge in [-0.3, -0.25) is 9.59 Å². The number of carbonyl (C=O) groups excluding carboxylic acids is 2. The van der Waals surface area contributed by atoms with Crippen molar-refractivity contribution >= 4 is 11.6 Å². The molecular formula is C22H28O3. The standard InChI is InChI=1S/C22H28O3/c1-13-11-19-17-6-5-15-12-16(24)7-9-20(15,3)18(17)8-10-21(19,4)22(13,25)14(2)23/h7-9,12-13,17,19,25H,5-6,10-11H2,1-4H3/t13-,17-,19-,20+,21+,22-/m1/s1. The lowest BCUT2D eigenvalue weighted by atomic mass is 9.51. The first kappa shape index (κ1) is 17.0. The van der Waals surface area contributed by atoms with Crippen LogP contribution in [0.3, 0.4) is 0 Å². The van der Waals surface area contributed by atoms with Crippen LogP contribution in [-0.2, 0) is 9.59 Å². The number of hydrogen-bond acceptors (Lipinski definition) is 3. The fourth-order valence-corrected chi connectivity index (χ4v) is 6.62. The number of carbonyl (C=O) groups is 2. The number of hydrogen-bond donors (Lipinski definition) is 1. The highest BCUT2D eigenvalue weighted by atomic mass is 16.3. The Labute approximate surface area is 149 Å². The van der Waals surface area contributed by atoms with Crippen LogP contribution in [0.25, 0.3) is 0 Å². The molecule has 2 fully saturated rings. The fourth-order valence-electron chi connectivity index (χ4n) is 6.62. The van der Waals surface area contributed by atoms with E-state index in [1.807, 2.05) is 13.0 Å². The Bertz CT molecular complexity index is 757. The van der Waals surface area contributed by atoms with Crippen molar-refractivity contribution in [1.82, 2.24) is 0 Å². The third kappa shape index (κ3) is 1.91. The molecule has 0 aromatic carbocycles. The van der Waals surface area contributed by atoms with Crippen molar-refractivity contribution in [3.05, 3.63) is 35.5 Å². The zero-order valence-electron chi connectivity index (χ0n) is 15.6. The molecule has 0 aliphatic heterocycles. The minimum atomic E-state index is -1.23. The van der Waals surface area contributed by atoms with Crippen LogP contribution in [0.1, 0.15) is 53.4 Å². The summed E-state index contributed by atoms with van der Waals surface area (Å²) in [6.45, 7) is 7.91. The molecule has 1 N–H and O–H groups in total. The molecule has 0 spiro atoms.